The van der Waals surface area contributed by atoms with Gasteiger partial charge < -0.3 is 9.47 Å². The molecule has 0 aliphatic carbocycles. The lowest BCUT2D eigenvalue weighted by Gasteiger charge is -2.12. The Balaban J connectivity index is 2.14. The first-order valence-corrected chi connectivity index (χ1v) is 5.69. The Morgan fingerprint density at radius 3 is 2.84 bits per heavy atom. The Labute approximate surface area is 107 Å². The summed E-state index contributed by atoms with van der Waals surface area (Å²) in [6.45, 7) is 1.33. The molecule has 1 aromatic heterocycles. The Hall–Kier alpha value is -1.81. The molecule has 0 radical (unpaired) electrons. The molecule has 1 atom stereocenters. The van der Waals surface area contributed by atoms with Crippen LogP contribution >= 0.6 is 0 Å². The highest BCUT2D eigenvalue weighted by Crippen LogP contribution is 2.30. The summed E-state index contributed by atoms with van der Waals surface area (Å²) in [4.78, 5) is 3.37. The van der Waals surface area contributed by atoms with E-state index in [1.807, 2.05) is 0 Å². The Bertz CT molecular complexity index is 491. The van der Waals surface area contributed by atoms with E-state index < -0.39 is 11.9 Å². The second kappa shape index (κ2) is 5.45. The molecule has 102 valence electrons. The van der Waals surface area contributed by atoms with Gasteiger partial charge in [-0.05, 0) is 18.6 Å². The van der Waals surface area contributed by atoms with Crippen molar-refractivity contribution in [3.8, 4) is 11.9 Å². The molecule has 0 spiro atoms. The number of halogens is 3. The van der Waals surface area contributed by atoms with Crippen LogP contribution in [0.25, 0.3) is 0 Å². The van der Waals surface area contributed by atoms with E-state index in [1.54, 1.807) is 6.07 Å². The highest BCUT2D eigenvalue weighted by atomic mass is 19.4. The predicted molar refractivity (Wildman–Crippen MR) is 58.4 cm³/mol. The van der Waals surface area contributed by atoms with Crippen LogP contribution in [0.3, 0.4) is 0 Å². The first-order valence-electron chi connectivity index (χ1n) is 5.69. The molecule has 0 amide bonds. The fraction of sp³-hybridized carbons (Fsp3) is 0.500. The van der Waals surface area contributed by atoms with Gasteiger partial charge in [-0.25, -0.2) is 4.98 Å². The van der Waals surface area contributed by atoms with Gasteiger partial charge in [-0.15, -0.1) is 0 Å². The second-order valence-corrected chi connectivity index (χ2v) is 4.20. The lowest BCUT2D eigenvalue weighted by molar-refractivity contribution is -0.141. The average molecular weight is 272 g/mol. The number of nitriles is 1. The lowest BCUT2D eigenvalue weighted by Crippen LogP contribution is -2.15. The molecule has 19 heavy (non-hydrogen) atoms. The van der Waals surface area contributed by atoms with Crippen LogP contribution in [0.5, 0.6) is 5.88 Å². The van der Waals surface area contributed by atoms with Crippen LogP contribution in [0.4, 0.5) is 13.2 Å². The first-order chi connectivity index (χ1) is 9.00. The van der Waals surface area contributed by atoms with E-state index in [4.69, 9.17) is 14.7 Å². The van der Waals surface area contributed by atoms with E-state index in [0.29, 0.717) is 13.2 Å². The zero-order valence-corrected chi connectivity index (χ0v) is 9.91. The summed E-state index contributed by atoms with van der Waals surface area (Å²) in [5.41, 5.74) is -1.07. The molecular formula is C12H11F3N2O2. The zero-order chi connectivity index (χ0) is 13.9. The highest BCUT2D eigenvalue weighted by molar-refractivity contribution is 5.39. The summed E-state index contributed by atoms with van der Waals surface area (Å²) in [5, 5.41) is 8.83. The van der Waals surface area contributed by atoms with Crippen LogP contribution in [-0.2, 0) is 10.9 Å². The Morgan fingerprint density at radius 2 is 2.26 bits per heavy atom. The van der Waals surface area contributed by atoms with Crippen molar-refractivity contribution in [2.24, 2.45) is 5.92 Å². The molecular weight excluding hydrogens is 261 g/mol. The third kappa shape index (κ3) is 3.35. The van der Waals surface area contributed by atoms with E-state index in [1.165, 1.54) is 0 Å². The average Bonchev–Trinajstić information content (AvgIpc) is 2.88. The zero-order valence-electron chi connectivity index (χ0n) is 9.91. The topological polar surface area (TPSA) is 55.1 Å². The lowest BCUT2D eigenvalue weighted by atomic mass is 10.1. The van der Waals surface area contributed by atoms with Crippen molar-refractivity contribution in [1.82, 2.24) is 4.98 Å². The molecule has 2 rings (SSSR count). The van der Waals surface area contributed by atoms with Crippen molar-refractivity contribution in [3.05, 3.63) is 23.4 Å². The molecule has 1 aliphatic rings. The summed E-state index contributed by atoms with van der Waals surface area (Å²) in [5.74, 6) is -0.146. The monoisotopic (exact) mass is 272 g/mol. The molecule has 7 heteroatoms. The van der Waals surface area contributed by atoms with E-state index >= 15 is 0 Å². The van der Waals surface area contributed by atoms with Crippen molar-refractivity contribution >= 4 is 0 Å². The fourth-order valence-corrected chi connectivity index (χ4v) is 1.71. The molecule has 0 bridgehead atoms. The molecule has 1 aromatic rings. The quantitative estimate of drug-likeness (QED) is 0.847. The summed E-state index contributed by atoms with van der Waals surface area (Å²) < 4.78 is 47.9. The largest absolute Gasteiger partial charge is 0.476 e. The number of ether oxygens (including phenoxy) is 2. The van der Waals surface area contributed by atoms with Crippen molar-refractivity contribution in [1.29, 1.82) is 5.26 Å². The van der Waals surface area contributed by atoms with Gasteiger partial charge in [0.05, 0.1) is 13.2 Å². The number of nitrogens with zero attached hydrogens (tertiary/aromatic N) is 2. The van der Waals surface area contributed by atoms with E-state index in [2.05, 4.69) is 4.98 Å². The van der Waals surface area contributed by atoms with Gasteiger partial charge in [0.25, 0.3) is 0 Å². The van der Waals surface area contributed by atoms with Crippen LogP contribution in [0.15, 0.2) is 12.1 Å². The van der Waals surface area contributed by atoms with Crippen LogP contribution in [0.2, 0.25) is 0 Å². The molecule has 1 unspecified atom stereocenters. The smallest absolute Gasteiger partial charge is 0.433 e. The van der Waals surface area contributed by atoms with Crippen molar-refractivity contribution in [3.63, 3.8) is 0 Å². The second-order valence-electron chi connectivity index (χ2n) is 4.20. The van der Waals surface area contributed by atoms with Crippen molar-refractivity contribution in [2.75, 3.05) is 19.8 Å². The van der Waals surface area contributed by atoms with Crippen LogP contribution in [0.1, 0.15) is 17.7 Å². The van der Waals surface area contributed by atoms with Crippen LogP contribution < -0.4 is 4.74 Å². The van der Waals surface area contributed by atoms with Gasteiger partial charge in [-0.1, -0.05) is 0 Å². The molecule has 0 N–H and O–H groups in total. The van der Waals surface area contributed by atoms with Gasteiger partial charge in [-0.3, -0.25) is 0 Å². The molecule has 2 heterocycles. The molecule has 1 saturated heterocycles. The van der Waals surface area contributed by atoms with Crippen LogP contribution in [-0.4, -0.2) is 24.8 Å². The fourth-order valence-electron chi connectivity index (χ4n) is 1.71. The Kier molecular flexibility index (Phi) is 3.90. The summed E-state index contributed by atoms with van der Waals surface area (Å²) in [6.07, 6.45) is -3.76. The standard InChI is InChI=1S/C12H11F3N2O2/c13-12(14,15)10-2-1-9(5-16)11(17-10)19-7-8-3-4-18-6-8/h1-2,8H,3-4,6-7H2. The third-order valence-electron chi connectivity index (χ3n) is 2.75. The van der Waals surface area contributed by atoms with Gasteiger partial charge in [0.1, 0.15) is 17.3 Å². The van der Waals surface area contributed by atoms with Crippen molar-refractivity contribution in [2.45, 2.75) is 12.6 Å². The molecule has 1 aliphatic heterocycles. The summed E-state index contributed by atoms with van der Waals surface area (Å²) in [7, 11) is 0. The number of pyridine rings is 1. The number of alkyl halides is 3. The maximum Gasteiger partial charge on any atom is 0.433 e. The number of aromatic nitrogens is 1. The minimum atomic E-state index is -4.55. The minimum absolute atomic E-state index is 0.00749. The number of hydrogen-bond acceptors (Lipinski definition) is 4. The van der Waals surface area contributed by atoms with E-state index in [0.717, 1.165) is 18.6 Å². The third-order valence-corrected chi connectivity index (χ3v) is 2.75. The number of rotatable bonds is 3. The maximum atomic E-state index is 12.5. The Morgan fingerprint density at radius 1 is 1.47 bits per heavy atom. The highest BCUT2D eigenvalue weighted by Gasteiger charge is 2.33. The summed E-state index contributed by atoms with van der Waals surface area (Å²) >= 11 is 0. The van der Waals surface area contributed by atoms with E-state index in [9.17, 15) is 13.2 Å². The molecule has 0 aromatic carbocycles. The van der Waals surface area contributed by atoms with Gasteiger partial charge >= 0.3 is 6.18 Å². The number of hydrogen-bond donors (Lipinski definition) is 0. The first kappa shape index (κ1) is 13.6. The molecule has 4 nitrogen and oxygen atoms in total. The normalized spacial score (nSPS) is 19.2. The maximum absolute atomic E-state index is 12.5. The van der Waals surface area contributed by atoms with Gasteiger partial charge in [-0.2, -0.15) is 18.4 Å². The predicted octanol–water partition coefficient (Wildman–Crippen LogP) is 2.39. The van der Waals surface area contributed by atoms with Gasteiger partial charge in [0.15, 0.2) is 0 Å². The minimum Gasteiger partial charge on any atom is -0.476 e. The van der Waals surface area contributed by atoms with Crippen LogP contribution in [0, 0.1) is 17.2 Å². The molecule has 1 fully saturated rings. The SMILES string of the molecule is N#Cc1ccc(C(F)(F)F)nc1OCC1CCOC1. The van der Waals surface area contributed by atoms with Gasteiger partial charge in [0, 0.05) is 12.5 Å². The van der Waals surface area contributed by atoms with E-state index in [-0.39, 0.29) is 24.0 Å². The summed E-state index contributed by atoms with van der Waals surface area (Å²) in [6, 6.07) is 3.60. The molecule has 0 saturated carbocycles. The van der Waals surface area contributed by atoms with Crippen molar-refractivity contribution < 1.29 is 22.6 Å². The van der Waals surface area contributed by atoms with Gasteiger partial charge in [0.2, 0.25) is 5.88 Å².